The van der Waals surface area contributed by atoms with Crippen LogP contribution in [0.25, 0.3) is 0 Å². The van der Waals surface area contributed by atoms with Gasteiger partial charge in [-0.15, -0.1) is 0 Å². The predicted octanol–water partition coefficient (Wildman–Crippen LogP) is 8.48. The molecule has 0 spiro atoms. The predicted molar refractivity (Wildman–Crippen MR) is 209 cm³/mol. The van der Waals surface area contributed by atoms with Crippen LogP contribution in [-0.4, -0.2) is 126 Å². The standard InChI is InChI=1S/C42H78O10/c1-2-3-4-5-6-7-8-9-10-11-12-13-14-15-16-20-23-43-24-25-44-26-27-45-28-29-46-30-31-47-32-33-48-34-35-49-36-37-50-38-39-51-40-41-52-42-21-18-17-19-22-42/h17-19,21-22H,2-16,20,23-41H2,1H3. The van der Waals surface area contributed by atoms with E-state index in [0.29, 0.717) is 119 Å². The van der Waals surface area contributed by atoms with Gasteiger partial charge in [-0.3, -0.25) is 0 Å². The maximum atomic E-state index is 5.69. The van der Waals surface area contributed by atoms with Crippen LogP contribution < -0.4 is 4.74 Å². The lowest BCUT2D eigenvalue weighted by Crippen LogP contribution is -2.15. The summed E-state index contributed by atoms with van der Waals surface area (Å²) in [6.07, 6.45) is 22.2. The van der Waals surface area contributed by atoms with Crippen molar-refractivity contribution in [2.75, 3.05) is 126 Å². The van der Waals surface area contributed by atoms with Crippen LogP contribution in [0.15, 0.2) is 30.3 Å². The molecule has 10 heteroatoms. The van der Waals surface area contributed by atoms with E-state index in [9.17, 15) is 0 Å². The molecule has 0 aliphatic rings. The first kappa shape index (κ1) is 48.7. The van der Waals surface area contributed by atoms with Crippen molar-refractivity contribution in [3.63, 3.8) is 0 Å². The van der Waals surface area contributed by atoms with Crippen LogP contribution in [0.2, 0.25) is 0 Å². The van der Waals surface area contributed by atoms with Crippen molar-refractivity contribution in [3.8, 4) is 5.75 Å². The molecule has 0 saturated carbocycles. The van der Waals surface area contributed by atoms with E-state index in [4.69, 9.17) is 47.4 Å². The fourth-order valence-corrected chi connectivity index (χ4v) is 5.35. The fourth-order valence-electron chi connectivity index (χ4n) is 5.35. The van der Waals surface area contributed by atoms with Gasteiger partial charge in [-0.05, 0) is 18.6 Å². The second-order valence-corrected chi connectivity index (χ2v) is 13.0. The van der Waals surface area contributed by atoms with Gasteiger partial charge in [0, 0.05) is 6.61 Å². The Morgan fingerprint density at radius 2 is 0.519 bits per heavy atom. The molecule has 0 unspecified atom stereocenters. The van der Waals surface area contributed by atoms with E-state index >= 15 is 0 Å². The molecule has 0 amide bonds. The molecule has 1 aromatic carbocycles. The van der Waals surface area contributed by atoms with E-state index in [1.807, 2.05) is 30.3 Å². The van der Waals surface area contributed by atoms with Crippen LogP contribution in [0.5, 0.6) is 5.75 Å². The van der Waals surface area contributed by atoms with Crippen LogP contribution in [0, 0.1) is 0 Å². The Morgan fingerprint density at radius 1 is 0.269 bits per heavy atom. The number of benzene rings is 1. The van der Waals surface area contributed by atoms with Gasteiger partial charge in [-0.25, -0.2) is 0 Å². The second kappa shape index (κ2) is 44.1. The first-order valence-electron chi connectivity index (χ1n) is 20.8. The molecular formula is C42H78O10. The lowest BCUT2D eigenvalue weighted by molar-refractivity contribution is -0.0254. The zero-order valence-electron chi connectivity index (χ0n) is 33.2. The molecule has 306 valence electrons. The van der Waals surface area contributed by atoms with Crippen molar-refractivity contribution in [1.82, 2.24) is 0 Å². The van der Waals surface area contributed by atoms with E-state index in [1.165, 1.54) is 96.3 Å². The van der Waals surface area contributed by atoms with E-state index in [1.54, 1.807) is 0 Å². The number of hydrogen-bond donors (Lipinski definition) is 0. The lowest BCUT2D eigenvalue weighted by atomic mass is 10.0. The van der Waals surface area contributed by atoms with Crippen molar-refractivity contribution >= 4 is 0 Å². The fraction of sp³-hybridized carbons (Fsp3) is 0.857. The lowest BCUT2D eigenvalue weighted by Gasteiger charge is -2.09. The minimum atomic E-state index is 0.523. The number of hydrogen-bond acceptors (Lipinski definition) is 10. The third-order valence-electron chi connectivity index (χ3n) is 8.36. The first-order chi connectivity index (χ1) is 25.9. The van der Waals surface area contributed by atoms with Crippen molar-refractivity contribution in [2.24, 2.45) is 0 Å². The van der Waals surface area contributed by atoms with Crippen molar-refractivity contribution in [3.05, 3.63) is 30.3 Å². The Balaban J connectivity index is 1.60. The maximum Gasteiger partial charge on any atom is 0.119 e. The number of para-hydroxylation sites is 1. The molecule has 10 nitrogen and oxygen atoms in total. The van der Waals surface area contributed by atoms with Gasteiger partial charge >= 0.3 is 0 Å². The Morgan fingerprint density at radius 3 is 0.827 bits per heavy atom. The summed E-state index contributed by atoms with van der Waals surface area (Å²) in [6, 6.07) is 9.70. The Labute approximate surface area is 318 Å². The van der Waals surface area contributed by atoms with Gasteiger partial charge in [0.1, 0.15) is 12.4 Å². The normalized spacial score (nSPS) is 11.5. The van der Waals surface area contributed by atoms with Gasteiger partial charge in [0.05, 0.1) is 112 Å². The van der Waals surface area contributed by atoms with E-state index in [2.05, 4.69) is 6.92 Å². The molecule has 0 saturated heterocycles. The van der Waals surface area contributed by atoms with Gasteiger partial charge in [-0.2, -0.15) is 0 Å². The van der Waals surface area contributed by atoms with Crippen molar-refractivity contribution < 1.29 is 47.4 Å². The van der Waals surface area contributed by atoms with Crippen LogP contribution >= 0.6 is 0 Å². The highest BCUT2D eigenvalue weighted by Crippen LogP contribution is 2.14. The van der Waals surface area contributed by atoms with E-state index < -0.39 is 0 Å². The average molecular weight is 743 g/mol. The Bertz CT molecular complexity index is 772. The summed E-state index contributed by atoms with van der Waals surface area (Å²) in [7, 11) is 0. The zero-order valence-corrected chi connectivity index (χ0v) is 33.2. The van der Waals surface area contributed by atoms with Gasteiger partial charge in [-0.1, -0.05) is 121 Å². The second-order valence-electron chi connectivity index (χ2n) is 13.0. The smallest absolute Gasteiger partial charge is 0.119 e. The summed E-state index contributed by atoms with van der Waals surface area (Å²) in [5.74, 6) is 0.850. The Hall–Kier alpha value is -1.34. The summed E-state index contributed by atoms with van der Waals surface area (Å²) >= 11 is 0. The third kappa shape index (κ3) is 39.9. The summed E-state index contributed by atoms with van der Waals surface area (Å²) in [5, 5.41) is 0. The largest absolute Gasteiger partial charge is 0.491 e. The van der Waals surface area contributed by atoms with Gasteiger partial charge < -0.3 is 47.4 Å². The topological polar surface area (TPSA) is 92.3 Å². The molecule has 0 radical (unpaired) electrons. The molecule has 0 aliphatic carbocycles. The van der Waals surface area contributed by atoms with E-state index in [0.717, 1.165) is 18.8 Å². The molecule has 52 heavy (non-hydrogen) atoms. The van der Waals surface area contributed by atoms with Crippen molar-refractivity contribution in [1.29, 1.82) is 0 Å². The monoisotopic (exact) mass is 743 g/mol. The van der Waals surface area contributed by atoms with Crippen molar-refractivity contribution in [2.45, 2.75) is 110 Å². The highest BCUT2D eigenvalue weighted by molar-refractivity contribution is 5.20. The van der Waals surface area contributed by atoms with Crippen LogP contribution in [0.3, 0.4) is 0 Å². The van der Waals surface area contributed by atoms with Crippen LogP contribution in [-0.2, 0) is 42.6 Å². The molecule has 0 heterocycles. The zero-order chi connectivity index (χ0) is 36.9. The molecule has 0 N–H and O–H groups in total. The average Bonchev–Trinajstić information content (AvgIpc) is 3.17. The SMILES string of the molecule is CCCCCCCCCCCCCCCCCCOCCOCCOCCOCCOCCOCCOCCOCCOCCOc1ccccc1. The summed E-state index contributed by atoms with van der Waals surface area (Å²) in [5.41, 5.74) is 0. The minimum absolute atomic E-state index is 0.523. The summed E-state index contributed by atoms with van der Waals surface area (Å²) < 4.78 is 55.4. The summed E-state index contributed by atoms with van der Waals surface area (Å²) in [4.78, 5) is 0. The molecule has 0 bridgehead atoms. The van der Waals surface area contributed by atoms with Crippen LogP contribution in [0.4, 0.5) is 0 Å². The van der Waals surface area contributed by atoms with Gasteiger partial charge in [0.15, 0.2) is 0 Å². The number of rotatable bonds is 45. The minimum Gasteiger partial charge on any atom is -0.491 e. The third-order valence-corrected chi connectivity index (χ3v) is 8.36. The molecule has 0 fully saturated rings. The van der Waals surface area contributed by atoms with Gasteiger partial charge in [0.25, 0.3) is 0 Å². The van der Waals surface area contributed by atoms with E-state index in [-0.39, 0.29) is 0 Å². The molecule has 0 aromatic heterocycles. The Kier molecular flexibility index (Phi) is 41.2. The van der Waals surface area contributed by atoms with Crippen LogP contribution in [0.1, 0.15) is 110 Å². The molecule has 0 aliphatic heterocycles. The molecular weight excluding hydrogens is 664 g/mol. The molecule has 1 aromatic rings. The number of unbranched alkanes of at least 4 members (excludes halogenated alkanes) is 15. The van der Waals surface area contributed by atoms with Gasteiger partial charge in [0.2, 0.25) is 0 Å². The number of ether oxygens (including phenoxy) is 10. The quantitative estimate of drug-likeness (QED) is 0.0606. The molecule has 0 atom stereocenters. The maximum absolute atomic E-state index is 5.69. The summed E-state index contributed by atoms with van der Waals surface area (Å²) in [6.45, 7) is 13.0. The first-order valence-corrected chi connectivity index (χ1v) is 20.8. The molecule has 1 rings (SSSR count). The highest BCUT2D eigenvalue weighted by Gasteiger charge is 1.98. The highest BCUT2D eigenvalue weighted by atomic mass is 16.6.